The third-order valence-corrected chi connectivity index (χ3v) is 2.82. The van der Waals surface area contributed by atoms with Crippen LogP contribution < -0.4 is 5.32 Å². The van der Waals surface area contributed by atoms with Crippen LogP contribution in [0.1, 0.15) is 25.0 Å². The lowest BCUT2D eigenvalue weighted by atomic mass is 10.1. The molecular weight excluding hydrogens is 228 g/mol. The molecule has 0 aliphatic heterocycles. The van der Waals surface area contributed by atoms with Crippen molar-refractivity contribution in [1.29, 1.82) is 0 Å². The normalized spacial score (nSPS) is 11.2. The van der Waals surface area contributed by atoms with Gasteiger partial charge in [-0.1, -0.05) is 12.1 Å². The summed E-state index contributed by atoms with van der Waals surface area (Å²) >= 11 is 0. The van der Waals surface area contributed by atoms with Crippen LogP contribution in [0.25, 0.3) is 0 Å². The molecule has 0 unspecified atom stereocenters. The van der Waals surface area contributed by atoms with Gasteiger partial charge in [-0.05, 0) is 44.9 Å². The predicted octanol–water partition coefficient (Wildman–Crippen LogP) is 2.54. The minimum Gasteiger partial charge on any atom is -0.389 e. The molecule has 100 valence electrons. The van der Waals surface area contributed by atoms with E-state index in [2.05, 4.69) is 5.32 Å². The van der Waals surface area contributed by atoms with Crippen LogP contribution in [-0.2, 0) is 0 Å². The second-order valence-electron chi connectivity index (χ2n) is 5.35. The Balaban J connectivity index is 2.73. The molecule has 0 saturated heterocycles. The molecule has 1 aromatic carbocycles. The number of carbonyl (C=O) groups is 1. The first-order valence-corrected chi connectivity index (χ1v) is 6.01. The molecular formula is C14H22N2O2. The molecule has 0 heterocycles. The maximum atomic E-state index is 12.0. The lowest BCUT2D eigenvalue weighted by Crippen LogP contribution is -2.41. The van der Waals surface area contributed by atoms with Crippen molar-refractivity contribution >= 4 is 11.7 Å². The van der Waals surface area contributed by atoms with Crippen molar-refractivity contribution in [3.8, 4) is 0 Å². The summed E-state index contributed by atoms with van der Waals surface area (Å²) in [6, 6.07) is 5.57. The van der Waals surface area contributed by atoms with Gasteiger partial charge in [-0.2, -0.15) is 0 Å². The number of urea groups is 1. The van der Waals surface area contributed by atoms with E-state index in [1.165, 1.54) is 4.90 Å². The first kappa shape index (κ1) is 14.5. The predicted molar refractivity (Wildman–Crippen MR) is 73.9 cm³/mol. The average molecular weight is 250 g/mol. The highest BCUT2D eigenvalue weighted by Crippen LogP contribution is 2.18. The zero-order valence-electron chi connectivity index (χ0n) is 11.7. The van der Waals surface area contributed by atoms with Crippen molar-refractivity contribution in [2.24, 2.45) is 0 Å². The van der Waals surface area contributed by atoms with Gasteiger partial charge in [0, 0.05) is 12.7 Å². The average Bonchev–Trinajstić information content (AvgIpc) is 2.22. The number of aliphatic hydroxyl groups is 1. The van der Waals surface area contributed by atoms with Crippen molar-refractivity contribution < 1.29 is 9.90 Å². The number of carbonyl (C=O) groups excluding carboxylic acids is 1. The molecule has 2 amide bonds. The Morgan fingerprint density at radius 3 is 2.56 bits per heavy atom. The van der Waals surface area contributed by atoms with Crippen molar-refractivity contribution in [3.05, 3.63) is 29.3 Å². The Hall–Kier alpha value is -1.55. The van der Waals surface area contributed by atoms with Crippen molar-refractivity contribution in [2.45, 2.75) is 33.3 Å². The summed E-state index contributed by atoms with van der Waals surface area (Å²) in [4.78, 5) is 13.4. The molecule has 0 aliphatic carbocycles. The fraction of sp³-hybridized carbons (Fsp3) is 0.500. The number of aryl methyl sites for hydroxylation is 1. The third kappa shape index (κ3) is 4.04. The Kier molecular flexibility index (Phi) is 4.35. The van der Waals surface area contributed by atoms with Gasteiger partial charge in [0.2, 0.25) is 0 Å². The van der Waals surface area contributed by atoms with Crippen LogP contribution in [-0.4, -0.2) is 35.2 Å². The summed E-state index contributed by atoms with van der Waals surface area (Å²) < 4.78 is 0. The molecule has 4 nitrogen and oxygen atoms in total. The number of hydrogen-bond donors (Lipinski definition) is 2. The van der Waals surface area contributed by atoms with Crippen molar-refractivity contribution in [2.75, 3.05) is 18.9 Å². The van der Waals surface area contributed by atoms with Gasteiger partial charge in [0.05, 0.1) is 12.1 Å². The van der Waals surface area contributed by atoms with Gasteiger partial charge in [0.25, 0.3) is 0 Å². The molecule has 0 radical (unpaired) electrons. The van der Waals surface area contributed by atoms with E-state index in [1.807, 2.05) is 32.0 Å². The van der Waals surface area contributed by atoms with Gasteiger partial charge >= 0.3 is 6.03 Å². The fourth-order valence-corrected chi connectivity index (χ4v) is 1.75. The topological polar surface area (TPSA) is 52.6 Å². The van der Waals surface area contributed by atoms with E-state index in [0.29, 0.717) is 0 Å². The van der Waals surface area contributed by atoms with E-state index in [1.54, 1.807) is 20.9 Å². The molecule has 0 aromatic heterocycles. The highest BCUT2D eigenvalue weighted by Gasteiger charge is 2.19. The smallest absolute Gasteiger partial charge is 0.321 e. The summed E-state index contributed by atoms with van der Waals surface area (Å²) in [7, 11) is 1.67. The van der Waals surface area contributed by atoms with Crippen LogP contribution in [0.5, 0.6) is 0 Å². The monoisotopic (exact) mass is 250 g/mol. The maximum absolute atomic E-state index is 12.0. The molecule has 0 aliphatic rings. The van der Waals surface area contributed by atoms with Crippen LogP contribution in [0.4, 0.5) is 10.5 Å². The van der Waals surface area contributed by atoms with Gasteiger partial charge in [-0.15, -0.1) is 0 Å². The number of benzene rings is 1. The maximum Gasteiger partial charge on any atom is 0.321 e. The van der Waals surface area contributed by atoms with Gasteiger partial charge < -0.3 is 15.3 Å². The number of rotatable bonds is 3. The second kappa shape index (κ2) is 5.40. The van der Waals surface area contributed by atoms with E-state index in [-0.39, 0.29) is 12.6 Å². The first-order chi connectivity index (χ1) is 8.20. The quantitative estimate of drug-likeness (QED) is 0.866. The standard InChI is InChI=1S/C14H22N2O2/c1-10-7-6-8-12(11(10)2)15-13(17)16(5)9-14(3,4)18/h6-8,18H,9H2,1-5H3,(H,15,17). The number of anilines is 1. The fourth-order valence-electron chi connectivity index (χ4n) is 1.75. The molecule has 0 spiro atoms. The van der Waals surface area contributed by atoms with Crippen molar-refractivity contribution in [3.63, 3.8) is 0 Å². The summed E-state index contributed by atoms with van der Waals surface area (Å²) in [5.41, 5.74) is 2.11. The van der Waals surface area contributed by atoms with Gasteiger partial charge in [0.15, 0.2) is 0 Å². The molecule has 18 heavy (non-hydrogen) atoms. The molecule has 0 saturated carbocycles. The summed E-state index contributed by atoms with van der Waals surface area (Å²) in [6.07, 6.45) is 0. The van der Waals surface area contributed by atoms with Crippen LogP contribution in [0, 0.1) is 13.8 Å². The molecule has 0 bridgehead atoms. The highest BCUT2D eigenvalue weighted by atomic mass is 16.3. The molecule has 1 aromatic rings. The Morgan fingerprint density at radius 2 is 2.00 bits per heavy atom. The highest BCUT2D eigenvalue weighted by molar-refractivity contribution is 5.90. The third-order valence-electron chi connectivity index (χ3n) is 2.82. The minimum absolute atomic E-state index is 0.217. The van der Waals surface area contributed by atoms with Crippen LogP contribution in [0.2, 0.25) is 0 Å². The van der Waals surface area contributed by atoms with Crippen LogP contribution >= 0.6 is 0 Å². The lowest BCUT2D eigenvalue weighted by molar-refractivity contribution is 0.0550. The van der Waals surface area contributed by atoms with E-state index in [9.17, 15) is 9.90 Å². The zero-order valence-corrected chi connectivity index (χ0v) is 11.7. The minimum atomic E-state index is -0.895. The molecule has 4 heteroatoms. The van der Waals surface area contributed by atoms with Gasteiger partial charge in [-0.3, -0.25) is 0 Å². The largest absolute Gasteiger partial charge is 0.389 e. The van der Waals surface area contributed by atoms with E-state index < -0.39 is 5.60 Å². The van der Waals surface area contributed by atoms with Gasteiger partial charge in [-0.25, -0.2) is 4.79 Å². The SMILES string of the molecule is Cc1cccc(NC(=O)N(C)CC(C)(C)O)c1C. The number of amides is 2. The number of nitrogens with one attached hydrogen (secondary N) is 1. The number of hydrogen-bond acceptors (Lipinski definition) is 2. The molecule has 0 atom stereocenters. The van der Waals surface area contributed by atoms with E-state index in [0.717, 1.165) is 16.8 Å². The van der Waals surface area contributed by atoms with E-state index >= 15 is 0 Å². The summed E-state index contributed by atoms with van der Waals surface area (Å²) in [5, 5.41) is 12.5. The Labute approximate surface area is 109 Å². The zero-order chi connectivity index (χ0) is 13.9. The molecule has 2 N–H and O–H groups in total. The molecule has 1 rings (SSSR count). The Morgan fingerprint density at radius 1 is 1.39 bits per heavy atom. The summed E-state index contributed by atoms with van der Waals surface area (Å²) in [6.45, 7) is 7.61. The van der Waals surface area contributed by atoms with Gasteiger partial charge in [0.1, 0.15) is 0 Å². The van der Waals surface area contributed by atoms with Crippen LogP contribution in [0.15, 0.2) is 18.2 Å². The first-order valence-electron chi connectivity index (χ1n) is 6.01. The second-order valence-corrected chi connectivity index (χ2v) is 5.35. The Bertz CT molecular complexity index is 436. The van der Waals surface area contributed by atoms with E-state index in [4.69, 9.17) is 0 Å². The lowest BCUT2D eigenvalue weighted by Gasteiger charge is -2.26. The summed E-state index contributed by atoms with van der Waals surface area (Å²) in [5.74, 6) is 0. The molecule has 0 fully saturated rings. The van der Waals surface area contributed by atoms with Crippen LogP contribution in [0.3, 0.4) is 0 Å². The number of nitrogens with zero attached hydrogens (tertiary/aromatic N) is 1. The number of likely N-dealkylation sites (N-methyl/N-ethyl adjacent to an activating group) is 1. The van der Waals surface area contributed by atoms with Crippen molar-refractivity contribution in [1.82, 2.24) is 4.90 Å².